The van der Waals surface area contributed by atoms with Crippen LogP contribution in [0.4, 0.5) is 5.69 Å². The minimum atomic E-state index is -0.806. The fourth-order valence-corrected chi connectivity index (χ4v) is 2.82. The number of hydrogen-bond donors (Lipinski definition) is 1. The van der Waals surface area contributed by atoms with Crippen LogP contribution in [0.2, 0.25) is 0 Å². The monoisotopic (exact) mass is 369 g/mol. The maximum Gasteiger partial charge on any atom is 0.301 e. The van der Waals surface area contributed by atoms with E-state index in [4.69, 9.17) is 14.2 Å². The number of aliphatic hydroxyl groups is 1. The second-order valence-electron chi connectivity index (χ2n) is 5.70. The van der Waals surface area contributed by atoms with Crippen molar-refractivity contribution >= 4 is 23.1 Å². The number of aliphatic hydroxyl groups excluding tert-OH is 1. The van der Waals surface area contributed by atoms with Gasteiger partial charge in [-0.15, -0.1) is 0 Å². The van der Waals surface area contributed by atoms with Crippen LogP contribution in [0.1, 0.15) is 12.5 Å². The van der Waals surface area contributed by atoms with Crippen molar-refractivity contribution in [2.24, 2.45) is 0 Å². The van der Waals surface area contributed by atoms with Crippen molar-refractivity contribution in [1.29, 1.82) is 0 Å². The lowest BCUT2D eigenvalue weighted by molar-refractivity contribution is -0.121. The molecule has 7 nitrogen and oxygen atoms in total. The zero-order valence-corrected chi connectivity index (χ0v) is 15.2. The first-order chi connectivity index (χ1) is 13.0. The van der Waals surface area contributed by atoms with E-state index >= 15 is 0 Å². The summed E-state index contributed by atoms with van der Waals surface area (Å²) in [7, 11) is 2.93. The van der Waals surface area contributed by atoms with Gasteiger partial charge in [0.15, 0.2) is 5.76 Å². The molecule has 140 valence electrons. The van der Waals surface area contributed by atoms with Crippen molar-refractivity contribution in [3.05, 3.63) is 53.8 Å². The van der Waals surface area contributed by atoms with E-state index in [1.807, 2.05) is 6.92 Å². The molecule has 2 amide bonds. The zero-order valence-electron chi connectivity index (χ0n) is 15.2. The first kappa shape index (κ1) is 18.3. The van der Waals surface area contributed by atoms with Crippen molar-refractivity contribution in [2.75, 3.05) is 25.7 Å². The van der Waals surface area contributed by atoms with Gasteiger partial charge < -0.3 is 19.3 Å². The third kappa shape index (κ3) is 3.31. The van der Waals surface area contributed by atoms with Gasteiger partial charge in [-0.2, -0.15) is 0 Å². The number of nitrogens with zero attached hydrogens (tertiary/aromatic N) is 1. The summed E-state index contributed by atoms with van der Waals surface area (Å²) in [6, 6.07) is 11.3. The minimum Gasteiger partial charge on any atom is -0.502 e. The summed E-state index contributed by atoms with van der Waals surface area (Å²) in [5.41, 5.74) is 0.602. The molecule has 27 heavy (non-hydrogen) atoms. The van der Waals surface area contributed by atoms with E-state index in [9.17, 15) is 14.7 Å². The molecular formula is C20H19NO6. The van der Waals surface area contributed by atoms with Gasteiger partial charge in [-0.1, -0.05) is 12.1 Å². The zero-order chi connectivity index (χ0) is 19.6. The third-order valence-corrected chi connectivity index (χ3v) is 4.11. The molecule has 1 heterocycles. The highest BCUT2D eigenvalue weighted by Crippen LogP contribution is 2.36. The molecule has 0 fully saturated rings. The average molecular weight is 369 g/mol. The Labute approximate surface area is 156 Å². The van der Waals surface area contributed by atoms with Crippen LogP contribution >= 0.6 is 0 Å². The van der Waals surface area contributed by atoms with Gasteiger partial charge in [-0.05, 0) is 24.6 Å². The van der Waals surface area contributed by atoms with Crippen molar-refractivity contribution in [1.82, 2.24) is 0 Å². The summed E-state index contributed by atoms with van der Waals surface area (Å²) in [6.45, 7) is 2.37. The highest BCUT2D eigenvalue weighted by Gasteiger charge is 2.40. The van der Waals surface area contributed by atoms with Gasteiger partial charge in [0.25, 0.3) is 5.91 Å². The molecule has 1 aliphatic rings. The van der Waals surface area contributed by atoms with E-state index in [1.54, 1.807) is 30.3 Å². The number of carbonyl (C=O) groups is 2. The second-order valence-corrected chi connectivity index (χ2v) is 5.70. The minimum absolute atomic E-state index is 0.0650. The number of methoxy groups -OCH3 is 2. The van der Waals surface area contributed by atoms with Crippen LogP contribution in [0.15, 0.2) is 48.2 Å². The molecule has 7 heteroatoms. The summed E-state index contributed by atoms with van der Waals surface area (Å²) in [6.07, 6.45) is 0. The second kappa shape index (κ2) is 7.41. The molecule has 0 spiro atoms. The van der Waals surface area contributed by atoms with Crippen LogP contribution in [-0.4, -0.2) is 37.7 Å². The quantitative estimate of drug-likeness (QED) is 0.788. The van der Waals surface area contributed by atoms with Crippen LogP contribution in [-0.2, 0) is 9.59 Å². The van der Waals surface area contributed by atoms with E-state index in [2.05, 4.69) is 0 Å². The van der Waals surface area contributed by atoms with Crippen LogP contribution in [0.5, 0.6) is 17.2 Å². The molecule has 0 aromatic heterocycles. The number of benzene rings is 2. The number of hydrogen-bond acceptors (Lipinski definition) is 6. The Morgan fingerprint density at radius 3 is 2.00 bits per heavy atom. The number of amides is 2. The summed E-state index contributed by atoms with van der Waals surface area (Å²) >= 11 is 0. The lowest BCUT2D eigenvalue weighted by atomic mass is 10.1. The number of imide groups is 1. The topological polar surface area (TPSA) is 85.3 Å². The smallest absolute Gasteiger partial charge is 0.301 e. The van der Waals surface area contributed by atoms with Crippen molar-refractivity contribution in [3.63, 3.8) is 0 Å². The van der Waals surface area contributed by atoms with Gasteiger partial charge in [-0.3, -0.25) is 9.59 Å². The van der Waals surface area contributed by atoms with Crippen LogP contribution in [0.25, 0.3) is 5.57 Å². The van der Waals surface area contributed by atoms with Crippen LogP contribution in [0.3, 0.4) is 0 Å². The first-order valence-corrected chi connectivity index (χ1v) is 8.28. The SMILES string of the molecule is CCOc1ccc(C2=C(O)C(=O)N(c3cc(OC)cc(OC)c3)C2=O)cc1. The first-order valence-electron chi connectivity index (χ1n) is 8.28. The van der Waals surface area contributed by atoms with Crippen LogP contribution in [0, 0.1) is 0 Å². The van der Waals surface area contributed by atoms with Crippen LogP contribution < -0.4 is 19.1 Å². The predicted octanol–water partition coefficient (Wildman–Crippen LogP) is 2.95. The summed E-state index contributed by atoms with van der Waals surface area (Å²) in [4.78, 5) is 26.4. The molecule has 2 aromatic carbocycles. The Balaban J connectivity index is 1.99. The average Bonchev–Trinajstić information content (AvgIpc) is 2.91. The normalized spacial score (nSPS) is 14.0. The molecule has 1 aliphatic heterocycles. The molecule has 3 rings (SSSR count). The number of carbonyl (C=O) groups excluding carboxylic acids is 2. The fraction of sp³-hybridized carbons (Fsp3) is 0.200. The van der Waals surface area contributed by atoms with E-state index in [0.29, 0.717) is 29.4 Å². The Morgan fingerprint density at radius 2 is 1.48 bits per heavy atom. The maximum atomic E-state index is 12.9. The van der Waals surface area contributed by atoms with E-state index in [1.165, 1.54) is 26.4 Å². The molecule has 2 aromatic rings. The van der Waals surface area contributed by atoms with Gasteiger partial charge in [0.05, 0.1) is 32.1 Å². The number of anilines is 1. The molecular weight excluding hydrogens is 350 g/mol. The molecule has 1 N–H and O–H groups in total. The summed E-state index contributed by atoms with van der Waals surface area (Å²) in [5, 5.41) is 10.3. The lowest BCUT2D eigenvalue weighted by Gasteiger charge is -2.17. The van der Waals surface area contributed by atoms with E-state index < -0.39 is 17.6 Å². The van der Waals surface area contributed by atoms with Crippen molar-refractivity contribution in [3.8, 4) is 17.2 Å². The molecule has 0 unspecified atom stereocenters. The summed E-state index contributed by atoms with van der Waals surface area (Å²) in [5.74, 6) is -0.576. The van der Waals surface area contributed by atoms with Gasteiger partial charge in [0.2, 0.25) is 0 Å². The highest BCUT2D eigenvalue weighted by molar-refractivity contribution is 6.44. The standard InChI is InChI=1S/C20H19NO6/c1-4-27-14-7-5-12(6-8-14)17-18(22)20(24)21(19(17)23)13-9-15(25-2)11-16(10-13)26-3/h5-11,22H,4H2,1-3H3. The molecule has 0 radical (unpaired) electrons. The van der Waals surface area contributed by atoms with Crippen molar-refractivity contribution < 1.29 is 28.9 Å². The van der Waals surface area contributed by atoms with Gasteiger partial charge in [-0.25, -0.2) is 4.90 Å². The third-order valence-electron chi connectivity index (χ3n) is 4.11. The fourth-order valence-electron chi connectivity index (χ4n) is 2.82. The maximum absolute atomic E-state index is 12.9. The Kier molecular flexibility index (Phi) is 5.03. The lowest BCUT2D eigenvalue weighted by Crippen LogP contribution is -2.31. The van der Waals surface area contributed by atoms with Gasteiger partial charge in [0, 0.05) is 18.2 Å². The van der Waals surface area contributed by atoms with Crippen molar-refractivity contribution in [2.45, 2.75) is 6.92 Å². The Morgan fingerprint density at radius 1 is 0.889 bits per heavy atom. The molecule has 0 atom stereocenters. The molecule has 0 aliphatic carbocycles. The highest BCUT2D eigenvalue weighted by atomic mass is 16.5. The molecule has 0 saturated carbocycles. The van der Waals surface area contributed by atoms with E-state index in [0.717, 1.165) is 4.90 Å². The largest absolute Gasteiger partial charge is 0.502 e. The molecule has 0 bridgehead atoms. The van der Waals surface area contributed by atoms with Gasteiger partial charge in [0.1, 0.15) is 17.2 Å². The Hall–Kier alpha value is -3.48. The van der Waals surface area contributed by atoms with E-state index in [-0.39, 0.29) is 11.3 Å². The van der Waals surface area contributed by atoms with Gasteiger partial charge >= 0.3 is 5.91 Å². The number of rotatable bonds is 6. The Bertz CT molecular complexity index is 894. The number of ether oxygens (including phenoxy) is 3. The summed E-state index contributed by atoms with van der Waals surface area (Å²) < 4.78 is 15.7. The predicted molar refractivity (Wildman–Crippen MR) is 99.2 cm³/mol. The molecule has 0 saturated heterocycles.